The molecular weight excluding hydrogens is 362 g/mol. The van der Waals surface area contributed by atoms with Crippen molar-refractivity contribution in [1.82, 2.24) is 14.5 Å². The average molecular weight is 383 g/mol. The van der Waals surface area contributed by atoms with E-state index in [2.05, 4.69) is 4.98 Å². The molecule has 0 radical (unpaired) electrons. The maximum absolute atomic E-state index is 13.4. The lowest BCUT2D eigenvalue weighted by Gasteiger charge is -2.24. The molecule has 0 unspecified atom stereocenters. The molecule has 1 aliphatic rings. The van der Waals surface area contributed by atoms with Crippen LogP contribution in [0.25, 0.3) is 21.8 Å². The predicted molar refractivity (Wildman–Crippen MR) is 114 cm³/mol. The smallest absolute Gasteiger partial charge is 0.243 e. The van der Waals surface area contributed by atoms with Crippen LogP contribution in [0.2, 0.25) is 0 Å². The summed E-state index contributed by atoms with van der Waals surface area (Å²) < 4.78 is 1.98. The highest BCUT2D eigenvalue weighted by Crippen LogP contribution is 2.29. The fourth-order valence-corrected chi connectivity index (χ4v) is 3.97. The maximum atomic E-state index is 13.4. The number of amides is 1. The van der Waals surface area contributed by atoms with Crippen LogP contribution in [0.3, 0.4) is 0 Å². The Morgan fingerprint density at radius 1 is 0.931 bits per heavy atom. The van der Waals surface area contributed by atoms with E-state index in [0.717, 1.165) is 29.4 Å². The van der Waals surface area contributed by atoms with Crippen molar-refractivity contribution >= 4 is 27.7 Å². The third-order valence-electron chi connectivity index (χ3n) is 5.58. The van der Waals surface area contributed by atoms with Gasteiger partial charge in [0.2, 0.25) is 5.91 Å². The van der Waals surface area contributed by atoms with Crippen molar-refractivity contribution in [3.63, 3.8) is 0 Å². The van der Waals surface area contributed by atoms with E-state index in [0.29, 0.717) is 23.4 Å². The fraction of sp³-hybridized carbons (Fsp3) is 0.208. The number of rotatable bonds is 5. The Bertz CT molecular complexity index is 1200. The average Bonchev–Trinajstić information content (AvgIpc) is 3.61. The second-order valence-corrected chi connectivity index (χ2v) is 7.56. The van der Waals surface area contributed by atoms with Crippen LogP contribution in [-0.2, 0) is 17.9 Å². The highest BCUT2D eigenvalue weighted by Gasteiger charge is 2.32. The molecule has 5 nitrogen and oxygen atoms in total. The van der Waals surface area contributed by atoms with Gasteiger partial charge in [-0.25, -0.2) is 0 Å². The first kappa shape index (κ1) is 17.6. The molecule has 2 heterocycles. The zero-order chi connectivity index (χ0) is 19.8. The largest absolute Gasteiger partial charge is 0.334 e. The summed E-state index contributed by atoms with van der Waals surface area (Å²) in [6, 6.07) is 19.3. The van der Waals surface area contributed by atoms with Crippen LogP contribution in [0.4, 0.5) is 0 Å². The van der Waals surface area contributed by atoms with Gasteiger partial charge >= 0.3 is 0 Å². The first-order valence-electron chi connectivity index (χ1n) is 9.91. The first-order chi connectivity index (χ1) is 14.2. The van der Waals surface area contributed by atoms with Gasteiger partial charge in [-0.3, -0.25) is 14.6 Å². The summed E-state index contributed by atoms with van der Waals surface area (Å²) in [5.74, 6) is 0.0725. The summed E-state index contributed by atoms with van der Waals surface area (Å²) in [4.78, 5) is 32.3. The van der Waals surface area contributed by atoms with E-state index >= 15 is 0 Å². The van der Waals surface area contributed by atoms with Gasteiger partial charge in [0.1, 0.15) is 6.54 Å². The summed E-state index contributed by atoms with van der Waals surface area (Å²) in [5, 5.41) is 1.29. The molecular formula is C24H21N3O2. The van der Waals surface area contributed by atoms with Gasteiger partial charge in [-0.15, -0.1) is 0 Å². The van der Waals surface area contributed by atoms with E-state index in [4.69, 9.17) is 0 Å². The van der Waals surface area contributed by atoms with Crippen LogP contribution >= 0.6 is 0 Å². The maximum Gasteiger partial charge on any atom is 0.243 e. The van der Waals surface area contributed by atoms with Crippen molar-refractivity contribution in [2.75, 3.05) is 0 Å². The third kappa shape index (κ3) is 3.29. The molecule has 0 bridgehead atoms. The SMILES string of the molecule is O=C(Cn1c2ccccc2c(=O)c2ccccc21)N(Cc1ccncc1)C1CC1. The summed E-state index contributed by atoms with van der Waals surface area (Å²) in [5.41, 5.74) is 2.68. The fourth-order valence-electron chi connectivity index (χ4n) is 3.97. The minimum absolute atomic E-state index is 0.00994. The Morgan fingerprint density at radius 3 is 2.10 bits per heavy atom. The van der Waals surface area contributed by atoms with Crippen molar-refractivity contribution in [2.24, 2.45) is 0 Å². The number of para-hydroxylation sites is 2. The monoisotopic (exact) mass is 383 g/mol. The quantitative estimate of drug-likeness (QED) is 0.493. The number of pyridine rings is 2. The van der Waals surface area contributed by atoms with E-state index < -0.39 is 0 Å². The minimum atomic E-state index is 0.00994. The van der Waals surface area contributed by atoms with E-state index in [1.165, 1.54) is 0 Å². The Morgan fingerprint density at radius 2 is 1.52 bits per heavy atom. The van der Waals surface area contributed by atoms with Gasteiger partial charge in [-0.05, 0) is 54.8 Å². The lowest BCUT2D eigenvalue weighted by atomic mass is 10.1. The van der Waals surface area contributed by atoms with Crippen molar-refractivity contribution in [1.29, 1.82) is 0 Å². The molecule has 144 valence electrons. The van der Waals surface area contributed by atoms with Gasteiger partial charge in [0.15, 0.2) is 5.43 Å². The molecule has 4 aromatic rings. The molecule has 1 fully saturated rings. The van der Waals surface area contributed by atoms with Crippen LogP contribution in [0.15, 0.2) is 77.9 Å². The van der Waals surface area contributed by atoms with Gasteiger partial charge in [0, 0.05) is 35.8 Å². The van der Waals surface area contributed by atoms with Crippen molar-refractivity contribution in [3.05, 3.63) is 88.8 Å². The Labute approximate surface area is 168 Å². The third-order valence-corrected chi connectivity index (χ3v) is 5.58. The highest BCUT2D eigenvalue weighted by molar-refractivity contribution is 5.94. The molecule has 0 N–H and O–H groups in total. The van der Waals surface area contributed by atoms with Gasteiger partial charge in [-0.1, -0.05) is 24.3 Å². The Hall–Kier alpha value is -3.47. The van der Waals surface area contributed by atoms with E-state index in [1.807, 2.05) is 70.1 Å². The van der Waals surface area contributed by atoms with Gasteiger partial charge in [0.25, 0.3) is 0 Å². The standard InChI is InChI=1S/C24H21N3O2/c28-23(26(18-9-10-18)15-17-11-13-25-14-12-17)16-27-21-7-3-1-5-19(21)24(29)20-6-2-4-8-22(20)27/h1-8,11-14,18H,9-10,15-16H2. The summed E-state index contributed by atoms with van der Waals surface area (Å²) in [6.45, 7) is 0.797. The summed E-state index contributed by atoms with van der Waals surface area (Å²) in [7, 11) is 0. The van der Waals surface area contributed by atoms with Crippen LogP contribution < -0.4 is 5.43 Å². The van der Waals surface area contributed by atoms with E-state index in [1.54, 1.807) is 12.4 Å². The molecule has 1 amide bonds. The van der Waals surface area contributed by atoms with Crippen LogP contribution in [-0.4, -0.2) is 26.4 Å². The number of aromatic nitrogens is 2. The first-order valence-corrected chi connectivity index (χ1v) is 9.91. The number of benzene rings is 2. The highest BCUT2D eigenvalue weighted by atomic mass is 16.2. The van der Waals surface area contributed by atoms with Crippen molar-refractivity contribution in [3.8, 4) is 0 Å². The zero-order valence-corrected chi connectivity index (χ0v) is 16.0. The molecule has 1 aliphatic carbocycles. The number of fused-ring (bicyclic) bond motifs is 2. The van der Waals surface area contributed by atoms with E-state index in [9.17, 15) is 9.59 Å². The Balaban J connectivity index is 1.57. The number of carbonyl (C=O) groups excluding carboxylic acids is 1. The van der Waals surface area contributed by atoms with Crippen molar-refractivity contribution in [2.45, 2.75) is 32.0 Å². The molecule has 29 heavy (non-hydrogen) atoms. The molecule has 0 spiro atoms. The van der Waals surface area contributed by atoms with Crippen LogP contribution in [0.1, 0.15) is 18.4 Å². The van der Waals surface area contributed by atoms with Crippen molar-refractivity contribution < 1.29 is 4.79 Å². The molecule has 1 saturated carbocycles. The normalized spacial score (nSPS) is 13.7. The number of nitrogens with zero attached hydrogens (tertiary/aromatic N) is 3. The molecule has 5 heteroatoms. The van der Waals surface area contributed by atoms with Crippen LogP contribution in [0, 0.1) is 0 Å². The van der Waals surface area contributed by atoms with Gasteiger partial charge in [0.05, 0.1) is 11.0 Å². The van der Waals surface area contributed by atoms with Gasteiger partial charge < -0.3 is 9.47 Å². The molecule has 0 saturated heterocycles. The minimum Gasteiger partial charge on any atom is -0.334 e. The lowest BCUT2D eigenvalue weighted by molar-refractivity contribution is -0.132. The second-order valence-electron chi connectivity index (χ2n) is 7.56. The number of hydrogen-bond donors (Lipinski definition) is 0. The molecule has 2 aromatic carbocycles. The number of carbonyl (C=O) groups is 1. The summed E-state index contributed by atoms with van der Waals surface area (Å²) >= 11 is 0. The Kier molecular flexibility index (Phi) is 4.35. The zero-order valence-electron chi connectivity index (χ0n) is 16.0. The van der Waals surface area contributed by atoms with Crippen LogP contribution in [0.5, 0.6) is 0 Å². The molecule has 0 atom stereocenters. The summed E-state index contributed by atoms with van der Waals surface area (Å²) in [6.07, 6.45) is 5.60. The molecule has 5 rings (SSSR count). The molecule has 2 aromatic heterocycles. The second kappa shape index (κ2) is 7.17. The van der Waals surface area contributed by atoms with E-state index in [-0.39, 0.29) is 17.9 Å². The lowest BCUT2D eigenvalue weighted by Crippen LogP contribution is -2.35. The number of hydrogen-bond acceptors (Lipinski definition) is 3. The van der Waals surface area contributed by atoms with Gasteiger partial charge in [-0.2, -0.15) is 0 Å². The molecule has 0 aliphatic heterocycles. The predicted octanol–water partition coefficient (Wildman–Crippen LogP) is 3.74. The topological polar surface area (TPSA) is 55.2 Å².